The van der Waals surface area contributed by atoms with E-state index in [0.29, 0.717) is 24.9 Å². The summed E-state index contributed by atoms with van der Waals surface area (Å²) in [5.74, 6) is -0.939. The molecule has 1 heterocycles. The van der Waals surface area contributed by atoms with Gasteiger partial charge in [0.15, 0.2) is 6.61 Å². The van der Waals surface area contributed by atoms with Gasteiger partial charge in [-0.05, 0) is 42.5 Å². The molecule has 2 rings (SSSR count). The molecule has 7 nitrogen and oxygen atoms in total. The van der Waals surface area contributed by atoms with Gasteiger partial charge in [0.1, 0.15) is 12.4 Å². The molecule has 1 amide bonds. The number of sulfonamides is 1. The Labute approximate surface area is 152 Å². The highest BCUT2D eigenvalue weighted by atomic mass is 32.2. The van der Waals surface area contributed by atoms with Crippen LogP contribution < -0.4 is 4.72 Å². The molecule has 1 N–H and O–H groups in total. The zero-order chi connectivity index (χ0) is 19.3. The van der Waals surface area contributed by atoms with Gasteiger partial charge in [0, 0.05) is 13.1 Å². The second kappa shape index (κ2) is 8.59. The van der Waals surface area contributed by atoms with E-state index >= 15 is 0 Å². The second-order valence-corrected chi connectivity index (χ2v) is 8.45. The van der Waals surface area contributed by atoms with Gasteiger partial charge in [0.05, 0.1) is 4.90 Å². The minimum Gasteiger partial charge on any atom is -0.455 e. The van der Waals surface area contributed by atoms with E-state index in [0.717, 1.165) is 30.7 Å². The van der Waals surface area contributed by atoms with Crippen LogP contribution in [0, 0.1) is 17.7 Å². The molecule has 0 spiro atoms. The molecule has 144 valence electrons. The fourth-order valence-corrected chi connectivity index (χ4v) is 3.97. The summed E-state index contributed by atoms with van der Waals surface area (Å²) in [6, 6.07) is 4.19. The summed E-state index contributed by atoms with van der Waals surface area (Å²) in [6.07, 6.45) is 1.05. The Kier molecular flexibility index (Phi) is 6.71. The maximum absolute atomic E-state index is 12.8. The number of ether oxygens (including phenoxy) is 1. The summed E-state index contributed by atoms with van der Waals surface area (Å²) < 4.78 is 43.7. The molecular formula is C17H23FN2O5S. The number of carbonyl (C=O) groups excluding carboxylic acids is 2. The summed E-state index contributed by atoms with van der Waals surface area (Å²) in [5.41, 5.74) is 0. The minimum atomic E-state index is -3.96. The Morgan fingerprint density at radius 2 is 1.77 bits per heavy atom. The van der Waals surface area contributed by atoms with Crippen LogP contribution in [0.3, 0.4) is 0 Å². The number of halogens is 1. The van der Waals surface area contributed by atoms with Crippen LogP contribution in [-0.2, 0) is 24.3 Å². The first-order valence-corrected chi connectivity index (χ1v) is 9.84. The molecule has 2 atom stereocenters. The normalized spacial score (nSPS) is 20.7. The van der Waals surface area contributed by atoms with E-state index in [1.807, 2.05) is 0 Å². The molecule has 0 aliphatic carbocycles. The SMILES string of the molecule is C[C@H]1C[C@H](C)CN(C(=O)COC(=O)CNS(=O)(=O)c2ccc(F)cc2)C1. The molecule has 1 saturated heterocycles. The van der Waals surface area contributed by atoms with Crippen LogP contribution in [0.1, 0.15) is 20.3 Å². The number of carbonyl (C=O) groups is 2. The van der Waals surface area contributed by atoms with Crippen molar-refractivity contribution in [3.8, 4) is 0 Å². The molecule has 0 aromatic heterocycles. The highest BCUT2D eigenvalue weighted by Gasteiger charge is 2.26. The summed E-state index contributed by atoms with van der Waals surface area (Å²) in [4.78, 5) is 25.3. The van der Waals surface area contributed by atoms with Crippen molar-refractivity contribution in [1.29, 1.82) is 0 Å². The van der Waals surface area contributed by atoms with Crippen molar-refractivity contribution in [2.24, 2.45) is 11.8 Å². The monoisotopic (exact) mass is 386 g/mol. The van der Waals surface area contributed by atoms with Gasteiger partial charge in [0.2, 0.25) is 10.0 Å². The Hall–Kier alpha value is -2.00. The molecule has 1 aliphatic rings. The Balaban J connectivity index is 1.79. The van der Waals surface area contributed by atoms with Gasteiger partial charge >= 0.3 is 5.97 Å². The van der Waals surface area contributed by atoms with Gasteiger partial charge in [0.25, 0.3) is 5.91 Å². The van der Waals surface area contributed by atoms with Crippen LogP contribution in [0.15, 0.2) is 29.2 Å². The summed E-state index contributed by atoms with van der Waals surface area (Å²) in [6.45, 7) is 4.34. The maximum atomic E-state index is 12.8. The van der Waals surface area contributed by atoms with Crippen molar-refractivity contribution in [2.45, 2.75) is 25.2 Å². The number of benzene rings is 1. The highest BCUT2D eigenvalue weighted by molar-refractivity contribution is 7.89. The lowest BCUT2D eigenvalue weighted by molar-refractivity contribution is -0.152. The van der Waals surface area contributed by atoms with Crippen LogP contribution in [0.2, 0.25) is 0 Å². The van der Waals surface area contributed by atoms with Crippen LogP contribution in [0.4, 0.5) is 4.39 Å². The summed E-state index contributed by atoms with van der Waals surface area (Å²) in [7, 11) is -3.96. The number of esters is 1. The van der Waals surface area contributed by atoms with Gasteiger partial charge in [-0.25, -0.2) is 12.8 Å². The molecule has 1 aromatic rings. The van der Waals surface area contributed by atoms with E-state index in [9.17, 15) is 22.4 Å². The third-order valence-electron chi connectivity index (χ3n) is 4.11. The smallest absolute Gasteiger partial charge is 0.321 e. The fourth-order valence-electron chi connectivity index (χ4n) is 3.00. The second-order valence-electron chi connectivity index (χ2n) is 6.68. The molecule has 1 fully saturated rings. The van der Waals surface area contributed by atoms with Gasteiger partial charge in [-0.1, -0.05) is 13.8 Å². The zero-order valence-corrected chi connectivity index (χ0v) is 15.6. The number of nitrogens with zero attached hydrogens (tertiary/aromatic N) is 1. The first-order chi connectivity index (χ1) is 12.2. The maximum Gasteiger partial charge on any atom is 0.321 e. The van der Waals surface area contributed by atoms with Gasteiger partial charge < -0.3 is 9.64 Å². The van der Waals surface area contributed by atoms with Crippen molar-refractivity contribution >= 4 is 21.9 Å². The molecule has 0 unspecified atom stereocenters. The first-order valence-electron chi connectivity index (χ1n) is 8.36. The third-order valence-corrected chi connectivity index (χ3v) is 5.53. The van der Waals surface area contributed by atoms with Crippen molar-refractivity contribution in [1.82, 2.24) is 9.62 Å². The van der Waals surface area contributed by atoms with Crippen LogP contribution in [0.5, 0.6) is 0 Å². The lowest BCUT2D eigenvalue weighted by atomic mass is 9.92. The van der Waals surface area contributed by atoms with Gasteiger partial charge in [-0.15, -0.1) is 0 Å². The van der Waals surface area contributed by atoms with Crippen molar-refractivity contribution in [3.63, 3.8) is 0 Å². The predicted molar refractivity (Wildman–Crippen MR) is 92.1 cm³/mol. The van der Waals surface area contributed by atoms with Crippen LogP contribution in [0.25, 0.3) is 0 Å². The number of likely N-dealkylation sites (tertiary alicyclic amines) is 1. The first kappa shape index (κ1) is 20.3. The molecule has 1 aliphatic heterocycles. The van der Waals surface area contributed by atoms with Crippen molar-refractivity contribution < 1.29 is 27.1 Å². The Morgan fingerprint density at radius 1 is 1.19 bits per heavy atom. The van der Waals surface area contributed by atoms with E-state index in [4.69, 9.17) is 4.74 Å². The third kappa shape index (κ3) is 5.77. The quantitative estimate of drug-likeness (QED) is 0.741. The number of piperidine rings is 1. The van der Waals surface area contributed by atoms with E-state index in [-0.39, 0.29) is 10.8 Å². The Bertz CT molecular complexity index is 741. The Morgan fingerprint density at radius 3 is 2.35 bits per heavy atom. The van der Waals surface area contributed by atoms with Crippen molar-refractivity contribution in [2.75, 3.05) is 26.2 Å². The summed E-state index contributed by atoms with van der Waals surface area (Å²) in [5, 5.41) is 0. The number of hydrogen-bond donors (Lipinski definition) is 1. The standard InChI is InChI=1S/C17H23FN2O5S/c1-12-7-13(2)10-20(9-12)16(21)11-25-17(22)8-19-26(23,24)15-5-3-14(18)4-6-15/h3-6,12-13,19H,7-11H2,1-2H3/t12-,13-/m0/s1. The zero-order valence-electron chi connectivity index (χ0n) is 14.8. The van der Waals surface area contributed by atoms with E-state index in [1.54, 1.807) is 4.90 Å². The molecule has 1 aromatic carbocycles. The fraction of sp³-hybridized carbons (Fsp3) is 0.529. The van der Waals surface area contributed by atoms with Crippen LogP contribution in [-0.4, -0.2) is 51.4 Å². The van der Waals surface area contributed by atoms with E-state index < -0.39 is 35.0 Å². The van der Waals surface area contributed by atoms with Crippen LogP contribution >= 0.6 is 0 Å². The lowest BCUT2D eigenvalue weighted by Gasteiger charge is -2.34. The van der Waals surface area contributed by atoms with Gasteiger partial charge in [-0.2, -0.15) is 4.72 Å². The van der Waals surface area contributed by atoms with Gasteiger partial charge in [-0.3, -0.25) is 9.59 Å². The average molecular weight is 386 g/mol. The van der Waals surface area contributed by atoms with Crippen molar-refractivity contribution in [3.05, 3.63) is 30.1 Å². The number of nitrogens with one attached hydrogen (secondary N) is 1. The summed E-state index contributed by atoms with van der Waals surface area (Å²) >= 11 is 0. The number of rotatable bonds is 6. The lowest BCUT2D eigenvalue weighted by Crippen LogP contribution is -2.44. The topological polar surface area (TPSA) is 92.8 Å². The molecule has 0 radical (unpaired) electrons. The highest BCUT2D eigenvalue weighted by Crippen LogP contribution is 2.20. The minimum absolute atomic E-state index is 0.168. The average Bonchev–Trinajstić information content (AvgIpc) is 2.57. The molecule has 26 heavy (non-hydrogen) atoms. The molecule has 0 saturated carbocycles. The van der Waals surface area contributed by atoms with E-state index in [1.165, 1.54) is 0 Å². The molecule has 9 heteroatoms. The van der Waals surface area contributed by atoms with E-state index in [2.05, 4.69) is 18.6 Å². The molecule has 0 bridgehead atoms. The predicted octanol–water partition coefficient (Wildman–Crippen LogP) is 1.15. The molecular weight excluding hydrogens is 363 g/mol. The largest absolute Gasteiger partial charge is 0.455 e. The number of hydrogen-bond acceptors (Lipinski definition) is 5. The number of amides is 1.